The Labute approximate surface area is 154 Å². The van der Waals surface area contributed by atoms with Crippen LogP contribution < -0.4 is 16.0 Å². The van der Waals surface area contributed by atoms with Crippen LogP contribution in [-0.2, 0) is 4.79 Å². The number of hydrogen-bond donors (Lipinski definition) is 4. The maximum Gasteiger partial charge on any atom is 0.225 e. The van der Waals surface area contributed by atoms with Crippen LogP contribution in [0.1, 0.15) is 19.4 Å². The smallest absolute Gasteiger partial charge is 0.225 e. The number of halogens is 2. The Balaban J connectivity index is 1.84. The van der Waals surface area contributed by atoms with Crippen molar-refractivity contribution in [1.82, 2.24) is 9.97 Å². The van der Waals surface area contributed by atoms with E-state index < -0.39 is 12.0 Å². The van der Waals surface area contributed by atoms with Gasteiger partial charge in [0.05, 0.1) is 11.7 Å². The van der Waals surface area contributed by atoms with Gasteiger partial charge < -0.3 is 21.1 Å². The molecule has 1 amide bonds. The van der Waals surface area contributed by atoms with Crippen molar-refractivity contribution in [3.63, 3.8) is 0 Å². The van der Waals surface area contributed by atoms with Crippen LogP contribution in [0.5, 0.6) is 0 Å². The van der Waals surface area contributed by atoms with Gasteiger partial charge in [0.1, 0.15) is 17.9 Å². The molecule has 0 saturated carbocycles. The molecule has 3 rings (SSSR count). The number of rotatable bonds is 4. The van der Waals surface area contributed by atoms with Crippen LogP contribution in [0.4, 0.5) is 21.8 Å². The largest absolute Gasteiger partial charge is 0.370 e. The second kappa shape index (κ2) is 7.27. The molecular weight excluding hydrogens is 361 g/mol. The lowest BCUT2D eigenvalue weighted by atomic mass is 9.98. The Morgan fingerprint density at radius 1 is 1.46 bits per heavy atom. The molecule has 1 aliphatic heterocycles. The molecule has 2 aromatic rings. The maximum atomic E-state index is 14.0. The molecule has 1 aromatic heterocycles. The summed E-state index contributed by atoms with van der Waals surface area (Å²) in [5.74, 6) is -0.140. The lowest BCUT2D eigenvalue weighted by molar-refractivity contribution is -0.114. The predicted octanol–water partition coefficient (Wildman–Crippen LogP) is 2.86. The Kier molecular flexibility index (Phi) is 5.06. The van der Waals surface area contributed by atoms with Gasteiger partial charge in [-0.25, -0.2) is 9.37 Å². The third-order valence-electron chi connectivity index (χ3n) is 3.81. The van der Waals surface area contributed by atoms with Crippen LogP contribution in [0.2, 0.25) is 5.02 Å². The van der Waals surface area contributed by atoms with Gasteiger partial charge in [-0.2, -0.15) is 4.98 Å². The van der Waals surface area contributed by atoms with Gasteiger partial charge in [0.15, 0.2) is 0 Å². The lowest BCUT2D eigenvalue weighted by Gasteiger charge is -2.28. The van der Waals surface area contributed by atoms with Crippen LogP contribution in [-0.4, -0.2) is 33.3 Å². The third-order valence-corrected chi connectivity index (χ3v) is 4.03. The number of aliphatic hydroxyl groups excluding tert-OH is 1. The van der Waals surface area contributed by atoms with Crippen LogP contribution in [0.3, 0.4) is 0 Å². The lowest BCUT2D eigenvalue weighted by Crippen LogP contribution is -2.34. The first kappa shape index (κ1) is 18.1. The van der Waals surface area contributed by atoms with E-state index in [2.05, 4.69) is 25.9 Å². The molecule has 1 unspecified atom stereocenters. The molecule has 0 saturated heterocycles. The van der Waals surface area contributed by atoms with Gasteiger partial charge >= 0.3 is 0 Å². The molecule has 0 radical (unpaired) electrons. The van der Waals surface area contributed by atoms with Crippen molar-refractivity contribution in [1.29, 1.82) is 0 Å². The van der Waals surface area contributed by atoms with Crippen molar-refractivity contribution < 1.29 is 14.3 Å². The summed E-state index contributed by atoms with van der Waals surface area (Å²) in [7, 11) is 0. The van der Waals surface area contributed by atoms with Crippen LogP contribution in [0, 0.1) is 5.82 Å². The van der Waals surface area contributed by atoms with E-state index in [9.17, 15) is 14.3 Å². The van der Waals surface area contributed by atoms with Gasteiger partial charge in [0.25, 0.3) is 0 Å². The van der Waals surface area contributed by atoms with E-state index >= 15 is 0 Å². The van der Waals surface area contributed by atoms with Gasteiger partial charge in [0.2, 0.25) is 11.9 Å². The summed E-state index contributed by atoms with van der Waals surface area (Å²) in [6.45, 7) is 3.19. The minimum atomic E-state index is -1.08. The number of aliphatic hydroxyl groups is 1. The molecule has 2 atom stereocenters. The minimum absolute atomic E-state index is 0.196. The summed E-state index contributed by atoms with van der Waals surface area (Å²) in [5, 5.41) is 18.9. The Morgan fingerprint density at radius 3 is 2.96 bits per heavy atom. The summed E-state index contributed by atoms with van der Waals surface area (Å²) >= 11 is 5.90. The van der Waals surface area contributed by atoms with E-state index in [4.69, 9.17) is 11.6 Å². The molecule has 0 fully saturated rings. The van der Waals surface area contributed by atoms with E-state index in [0.29, 0.717) is 17.0 Å². The van der Waals surface area contributed by atoms with Crippen molar-refractivity contribution >= 4 is 41.0 Å². The molecule has 7 nitrogen and oxygen atoms in total. The number of hydrogen-bond acceptors (Lipinski definition) is 6. The van der Waals surface area contributed by atoms with Gasteiger partial charge in [-0.15, -0.1) is 0 Å². The fourth-order valence-corrected chi connectivity index (χ4v) is 2.87. The summed E-state index contributed by atoms with van der Waals surface area (Å²) in [5.41, 5.74) is 1.30. The molecular formula is C17H17ClFN5O2. The van der Waals surface area contributed by atoms with E-state index in [0.717, 1.165) is 0 Å². The van der Waals surface area contributed by atoms with Gasteiger partial charge in [-0.1, -0.05) is 11.6 Å². The molecule has 1 aliphatic rings. The van der Waals surface area contributed by atoms with Crippen molar-refractivity contribution in [3.8, 4) is 0 Å². The SMILES string of the molecule is CC(=O)Nc1ccnc(N[C@@H](C)C2=Cc3cc(Cl)cc(F)c3NC2O)n1. The second-order valence-corrected chi connectivity index (χ2v) is 6.29. The van der Waals surface area contributed by atoms with Crippen LogP contribution in [0.15, 0.2) is 30.0 Å². The van der Waals surface area contributed by atoms with Crippen LogP contribution >= 0.6 is 11.6 Å². The molecule has 1 aromatic carbocycles. The topological polar surface area (TPSA) is 99.2 Å². The predicted molar refractivity (Wildman–Crippen MR) is 98.4 cm³/mol. The third kappa shape index (κ3) is 3.92. The number of carbonyl (C=O) groups is 1. The molecule has 26 heavy (non-hydrogen) atoms. The highest BCUT2D eigenvalue weighted by atomic mass is 35.5. The number of anilines is 3. The highest BCUT2D eigenvalue weighted by Gasteiger charge is 2.25. The highest BCUT2D eigenvalue weighted by molar-refractivity contribution is 6.30. The molecule has 136 valence electrons. The highest BCUT2D eigenvalue weighted by Crippen LogP contribution is 2.33. The zero-order valence-corrected chi connectivity index (χ0v) is 14.8. The van der Waals surface area contributed by atoms with Gasteiger partial charge in [-0.05, 0) is 31.2 Å². The zero-order valence-electron chi connectivity index (χ0n) is 14.0. The van der Waals surface area contributed by atoms with Gasteiger partial charge in [-0.3, -0.25) is 4.79 Å². The normalized spacial score (nSPS) is 16.8. The first-order chi connectivity index (χ1) is 12.3. The number of benzene rings is 1. The first-order valence-corrected chi connectivity index (χ1v) is 8.23. The van der Waals surface area contributed by atoms with E-state index in [-0.39, 0.29) is 28.6 Å². The molecule has 9 heteroatoms. The molecule has 4 N–H and O–H groups in total. The minimum Gasteiger partial charge on any atom is -0.370 e. The van der Waals surface area contributed by atoms with Crippen molar-refractivity contribution in [2.45, 2.75) is 26.1 Å². The summed E-state index contributed by atoms with van der Waals surface area (Å²) in [4.78, 5) is 19.4. The number of nitrogens with one attached hydrogen (secondary N) is 3. The van der Waals surface area contributed by atoms with Crippen molar-refractivity contribution in [3.05, 3.63) is 46.4 Å². The van der Waals surface area contributed by atoms with Gasteiger partial charge in [0, 0.05) is 29.3 Å². The Hall–Kier alpha value is -2.71. The van der Waals surface area contributed by atoms with E-state index in [1.807, 2.05) is 0 Å². The fraction of sp³-hybridized carbons (Fsp3) is 0.235. The average molecular weight is 378 g/mol. The Bertz CT molecular complexity index is 889. The average Bonchev–Trinajstić information content (AvgIpc) is 2.54. The summed E-state index contributed by atoms with van der Waals surface area (Å²) in [6, 6.07) is 3.98. The Morgan fingerprint density at radius 2 is 2.23 bits per heavy atom. The molecule has 0 spiro atoms. The first-order valence-electron chi connectivity index (χ1n) is 7.86. The summed E-state index contributed by atoms with van der Waals surface area (Å²) < 4.78 is 14.0. The summed E-state index contributed by atoms with van der Waals surface area (Å²) in [6.07, 6.45) is 2.09. The molecule has 2 heterocycles. The number of amides is 1. The standard InChI is InChI=1S/C17H17ClFN5O2/c1-8(21-17-20-4-3-14(23-17)22-9(2)25)12-6-10-5-11(18)7-13(19)15(10)24-16(12)26/h3-8,16,24,26H,1-2H3,(H2,20,21,22,23,25)/t8-,16?/m0/s1. The molecule has 0 bridgehead atoms. The van der Waals surface area contributed by atoms with E-state index in [1.165, 1.54) is 19.2 Å². The quantitative estimate of drug-likeness (QED) is 0.654. The van der Waals surface area contributed by atoms with E-state index in [1.54, 1.807) is 25.1 Å². The monoisotopic (exact) mass is 377 g/mol. The number of carbonyl (C=O) groups excluding carboxylic acids is 1. The fourth-order valence-electron chi connectivity index (χ4n) is 2.66. The number of fused-ring (bicyclic) bond motifs is 1. The zero-order chi connectivity index (χ0) is 18.8. The van der Waals surface area contributed by atoms with Crippen molar-refractivity contribution in [2.75, 3.05) is 16.0 Å². The number of nitrogens with zero attached hydrogens (tertiary/aromatic N) is 2. The maximum absolute atomic E-state index is 14.0. The molecule has 0 aliphatic carbocycles. The number of aromatic nitrogens is 2. The second-order valence-electron chi connectivity index (χ2n) is 5.86. The van der Waals surface area contributed by atoms with Crippen molar-refractivity contribution in [2.24, 2.45) is 0 Å². The van der Waals surface area contributed by atoms with Crippen LogP contribution in [0.25, 0.3) is 6.08 Å².